The summed E-state index contributed by atoms with van der Waals surface area (Å²) in [6.45, 7) is 12.1. The SMILES string of the molecule is CC(C)(CNC(C)(C)C)Cc1ccc(O)cc1. The zero-order valence-corrected chi connectivity index (χ0v) is 11.7. The molecule has 0 atom stereocenters. The summed E-state index contributed by atoms with van der Waals surface area (Å²) in [4.78, 5) is 0. The molecule has 1 rings (SSSR count). The smallest absolute Gasteiger partial charge is 0.115 e. The van der Waals surface area contributed by atoms with E-state index in [9.17, 15) is 5.11 Å². The summed E-state index contributed by atoms with van der Waals surface area (Å²) in [6.07, 6.45) is 1.01. The molecule has 0 amide bonds. The summed E-state index contributed by atoms with van der Waals surface area (Å²) in [5.74, 6) is 0.333. The van der Waals surface area contributed by atoms with Crippen LogP contribution in [0, 0.1) is 5.41 Å². The summed E-state index contributed by atoms with van der Waals surface area (Å²) in [7, 11) is 0. The number of aromatic hydroxyl groups is 1. The van der Waals surface area contributed by atoms with Crippen molar-refractivity contribution in [2.45, 2.75) is 46.6 Å². The third kappa shape index (κ3) is 5.73. The molecule has 0 saturated heterocycles. The van der Waals surface area contributed by atoms with E-state index < -0.39 is 0 Å². The van der Waals surface area contributed by atoms with Crippen molar-refractivity contribution < 1.29 is 5.11 Å². The largest absolute Gasteiger partial charge is 0.508 e. The van der Waals surface area contributed by atoms with Gasteiger partial charge in [0.15, 0.2) is 0 Å². The maximum atomic E-state index is 9.25. The second-order valence-electron chi connectivity index (χ2n) is 6.61. The molecule has 2 N–H and O–H groups in total. The molecule has 0 aliphatic carbocycles. The monoisotopic (exact) mass is 235 g/mol. The minimum Gasteiger partial charge on any atom is -0.508 e. The Morgan fingerprint density at radius 3 is 2.00 bits per heavy atom. The first-order valence-corrected chi connectivity index (χ1v) is 6.21. The first-order chi connectivity index (χ1) is 7.68. The Balaban J connectivity index is 2.57. The third-order valence-electron chi connectivity index (χ3n) is 2.72. The molecular formula is C15H25NO. The van der Waals surface area contributed by atoms with E-state index in [-0.39, 0.29) is 11.0 Å². The normalized spacial score (nSPS) is 12.8. The van der Waals surface area contributed by atoms with Crippen molar-refractivity contribution >= 4 is 0 Å². The molecule has 0 unspecified atom stereocenters. The molecule has 0 aliphatic heterocycles. The molecule has 96 valence electrons. The van der Waals surface area contributed by atoms with Gasteiger partial charge in [0.25, 0.3) is 0 Å². The van der Waals surface area contributed by atoms with Crippen LogP contribution in [0.4, 0.5) is 0 Å². The summed E-state index contributed by atoms with van der Waals surface area (Å²) < 4.78 is 0. The second-order valence-corrected chi connectivity index (χ2v) is 6.61. The van der Waals surface area contributed by atoms with Gasteiger partial charge < -0.3 is 10.4 Å². The maximum absolute atomic E-state index is 9.25. The van der Waals surface area contributed by atoms with E-state index in [0.29, 0.717) is 5.75 Å². The van der Waals surface area contributed by atoms with Crippen molar-refractivity contribution in [3.8, 4) is 5.75 Å². The Kier molecular flexibility index (Phi) is 4.21. The topological polar surface area (TPSA) is 32.3 Å². The lowest BCUT2D eigenvalue weighted by atomic mass is 9.85. The highest BCUT2D eigenvalue weighted by molar-refractivity contribution is 5.26. The summed E-state index contributed by atoms with van der Waals surface area (Å²) in [5, 5.41) is 12.8. The Labute approximate surface area is 105 Å². The lowest BCUT2D eigenvalue weighted by Crippen LogP contribution is -2.42. The van der Waals surface area contributed by atoms with E-state index in [2.05, 4.69) is 39.9 Å². The van der Waals surface area contributed by atoms with Crippen molar-refractivity contribution in [2.24, 2.45) is 5.41 Å². The minimum atomic E-state index is 0.159. The second kappa shape index (κ2) is 5.09. The molecule has 0 aliphatic rings. The first kappa shape index (κ1) is 14.0. The molecule has 1 aromatic rings. The zero-order chi connectivity index (χ0) is 13.1. The van der Waals surface area contributed by atoms with E-state index >= 15 is 0 Å². The van der Waals surface area contributed by atoms with Gasteiger partial charge in [-0.1, -0.05) is 26.0 Å². The molecule has 1 aromatic carbocycles. The van der Waals surface area contributed by atoms with Crippen LogP contribution in [0.3, 0.4) is 0 Å². The van der Waals surface area contributed by atoms with Crippen molar-refractivity contribution in [3.05, 3.63) is 29.8 Å². The lowest BCUT2D eigenvalue weighted by molar-refractivity contribution is 0.289. The van der Waals surface area contributed by atoms with E-state index in [1.165, 1.54) is 5.56 Å². The fourth-order valence-corrected chi connectivity index (χ4v) is 1.73. The number of rotatable bonds is 4. The van der Waals surface area contributed by atoms with Crippen molar-refractivity contribution in [1.82, 2.24) is 5.32 Å². The number of hydrogen-bond acceptors (Lipinski definition) is 2. The number of nitrogens with one attached hydrogen (secondary N) is 1. The van der Waals surface area contributed by atoms with Crippen LogP contribution in [0.1, 0.15) is 40.2 Å². The Morgan fingerprint density at radius 2 is 1.53 bits per heavy atom. The van der Waals surface area contributed by atoms with Gasteiger partial charge in [-0.3, -0.25) is 0 Å². The summed E-state index contributed by atoms with van der Waals surface area (Å²) in [5.41, 5.74) is 1.64. The molecule has 0 spiro atoms. The molecule has 2 nitrogen and oxygen atoms in total. The van der Waals surface area contributed by atoms with Crippen LogP contribution in [0.2, 0.25) is 0 Å². The van der Waals surface area contributed by atoms with Crippen LogP contribution in [-0.2, 0) is 6.42 Å². The Morgan fingerprint density at radius 1 is 1.00 bits per heavy atom. The molecule has 0 saturated carbocycles. The molecule has 0 heterocycles. The fraction of sp³-hybridized carbons (Fsp3) is 0.600. The van der Waals surface area contributed by atoms with E-state index in [1.807, 2.05) is 12.1 Å². The highest BCUT2D eigenvalue weighted by Crippen LogP contribution is 2.23. The van der Waals surface area contributed by atoms with Gasteiger partial charge >= 0.3 is 0 Å². The summed E-state index contributed by atoms with van der Waals surface area (Å²) in [6, 6.07) is 7.49. The van der Waals surface area contributed by atoms with Crippen molar-refractivity contribution in [3.63, 3.8) is 0 Å². The van der Waals surface area contributed by atoms with Crippen molar-refractivity contribution in [1.29, 1.82) is 0 Å². The third-order valence-corrected chi connectivity index (χ3v) is 2.72. The average Bonchev–Trinajstić information content (AvgIpc) is 2.18. The van der Waals surface area contributed by atoms with Gasteiger partial charge in [0, 0.05) is 12.1 Å². The van der Waals surface area contributed by atoms with Crippen LogP contribution in [-0.4, -0.2) is 17.2 Å². The Hall–Kier alpha value is -1.02. The van der Waals surface area contributed by atoms with Gasteiger partial charge in [-0.05, 0) is 50.3 Å². The number of hydrogen-bond donors (Lipinski definition) is 2. The highest BCUT2D eigenvalue weighted by Gasteiger charge is 2.21. The molecule has 0 bridgehead atoms. The van der Waals surface area contributed by atoms with E-state index in [4.69, 9.17) is 0 Å². The molecule has 2 heteroatoms. The number of phenolic OH excluding ortho intramolecular Hbond substituents is 1. The van der Waals surface area contributed by atoms with Gasteiger partial charge in [0.2, 0.25) is 0 Å². The van der Waals surface area contributed by atoms with Gasteiger partial charge in [-0.25, -0.2) is 0 Å². The lowest BCUT2D eigenvalue weighted by Gasteiger charge is -2.30. The number of benzene rings is 1. The highest BCUT2D eigenvalue weighted by atomic mass is 16.3. The van der Waals surface area contributed by atoms with Crippen LogP contribution >= 0.6 is 0 Å². The quantitative estimate of drug-likeness (QED) is 0.839. The molecule has 0 aromatic heterocycles. The van der Waals surface area contributed by atoms with Crippen LogP contribution in [0.5, 0.6) is 5.75 Å². The van der Waals surface area contributed by atoms with E-state index in [0.717, 1.165) is 13.0 Å². The van der Waals surface area contributed by atoms with Crippen LogP contribution < -0.4 is 5.32 Å². The van der Waals surface area contributed by atoms with Gasteiger partial charge in [-0.15, -0.1) is 0 Å². The molecule has 17 heavy (non-hydrogen) atoms. The van der Waals surface area contributed by atoms with Crippen LogP contribution in [0.25, 0.3) is 0 Å². The maximum Gasteiger partial charge on any atom is 0.115 e. The molecule has 0 radical (unpaired) electrons. The summed E-state index contributed by atoms with van der Waals surface area (Å²) >= 11 is 0. The van der Waals surface area contributed by atoms with Crippen molar-refractivity contribution in [2.75, 3.05) is 6.54 Å². The average molecular weight is 235 g/mol. The first-order valence-electron chi connectivity index (χ1n) is 6.21. The van der Waals surface area contributed by atoms with Crippen LogP contribution in [0.15, 0.2) is 24.3 Å². The predicted octanol–water partition coefficient (Wildman–Crippen LogP) is 3.35. The Bertz CT molecular complexity index is 346. The minimum absolute atomic E-state index is 0.159. The van der Waals surface area contributed by atoms with Gasteiger partial charge in [0.05, 0.1) is 0 Å². The zero-order valence-electron chi connectivity index (χ0n) is 11.7. The van der Waals surface area contributed by atoms with Gasteiger partial charge in [-0.2, -0.15) is 0 Å². The molecule has 0 fully saturated rings. The standard InChI is InChI=1S/C15H25NO/c1-14(2,3)16-11-15(4,5)10-12-6-8-13(17)9-7-12/h6-9,16-17H,10-11H2,1-5H3. The van der Waals surface area contributed by atoms with E-state index in [1.54, 1.807) is 12.1 Å². The fourth-order valence-electron chi connectivity index (χ4n) is 1.73. The van der Waals surface area contributed by atoms with Gasteiger partial charge in [0.1, 0.15) is 5.75 Å². The number of phenols is 1. The predicted molar refractivity (Wildman–Crippen MR) is 73.3 cm³/mol. The molecular weight excluding hydrogens is 210 g/mol.